The summed E-state index contributed by atoms with van der Waals surface area (Å²) in [5.41, 5.74) is 0. The summed E-state index contributed by atoms with van der Waals surface area (Å²) >= 11 is 0. The highest BCUT2D eigenvalue weighted by molar-refractivity contribution is 7.89. The Morgan fingerprint density at radius 3 is 2.67 bits per heavy atom. The Balaban J connectivity index is 2.18. The molecule has 1 aliphatic heterocycles. The first-order chi connectivity index (χ1) is 10.1. The van der Waals surface area contributed by atoms with Crippen LogP contribution in [-0.4, -0.2) is 53.1 Å². The lowest BCUT2D eigenvalue weighted by molar-refractivity contribution is 0.297. The van der Waals surface area contributed by atoms with E-state index in [-0.39, 0.29) is 4.90 Å². The van der Waals surface area contributed by atoms with Gasteiger partial charge in [0.05, 0.1) is 18.1 Å². The number of nitrogens with zero attached hydrogens (tertiary/aromatic N) is 1. The van der Waals surface area contributed by atoms with E-state index in [1.54, 1.807) is 25.2 Å². The molecular weight excluding hydrogens is 292 g/mol. The van der Waals surface area contributed by atoms with E-state index in [0.717, 1.165) is 19.4 Å². The molecule has 1 N–H and O–H groups in total. The Morgan fingerprint density at radius 1 is 1.24 bits per heavy atom. The zero-order valence-electron chi connectivity index (χ0n) is 12.5. The number of ether oxygens (including phenoxy) is 2. The highest BCUT2D eigenvalue weighted by Gasteiger charge is 2.22. The minimum absolute atomic E-state index is 0.235. The van der Waals surface area contributed by atoms with Crippen molar-refractivity contribution >= 4 is 10.0 Å². The Morgan fingerprint density at radius 2 is 1.95 bits per heavy atom. The zero-order valence-corrected chi connectivity index (χ0v) is 13.3. The van der Waals surface area contributed by atoms with Crippen molar-refractivity contribution in [2.24, 2.45) is 0 Å². The van der Waals surface area contributed by atoms with Crippen LogP contribution in [0, 0.1) is 0 Å². The van der Waals surface area contributed by atoms with Gasteiger partial charge in [0, 0.05) is 26.1 Å². The average molecular weight is 314 g/mol. The molecule has 0 unspecified atom stereocenters. The van der Waals surface area contributed by atoms with Gasteiger partial charge in [-0.3, -0.25) is 0 Å². The maximum absolute atomic E-state index is 12.5. The van der Waals surface area contributed by atoms with Gasteiger partial charge in [-0.15, -0.1) is 0 Å². The van der Waals surface area contributed by atoms with Gasteiger partial charge in [-0.2, -0.15) is 0 Å². The van der Waals surface area contributed by atoms with E-state index in [1.807, 2.05) is 7.05 Å². The Labute approximate surface area is 126 Å². The van der Waals surface area contributed by atoms with E-state index in [1.165, 1.54) is 4.31 Å². The van der Waals surface area contributed by atoms with Crippen LogP contribution in [0.15, 0.2) is 23.1 Å². The molecule has 0 aliphatic carbocycles. The lowest BCUT2D eigenvalue weighted by Crippen LogP contribution is -2.29. The molecule has 1 heterocycles. The van der Waals surface area contributed by atoms with Crippen LogP contribution in [0.2, 0.25) is 0 Å². The van der Waals surface area contributed by atoms with Crippen molar-refractivity contribution in [3.05, 3.63) is 18.2 Å². The molecule has 7 heteroatoms. The molecule has 0 aromatic heterocycles. The summed E-state index contributed by atoms with van der Waals surface area (Å²) in [6, 6.07) is 4.77. The lowest BCUT2D eigenvalue weighted by Gasteiger charge is -2.18. The molecule has 1 aromatic rings. The van der Waals surface area contributed by atoms with Crippen LogP contribution in [0.25, 0.3) is 0 Å². The number of fused-ring (bicyclic) bond motifs is 1. The van der Waals surface area contributed by atoms with Gasteiger partial charge in [0.15, 0.2) is 11.5 Å². The number of benzene rings is 1. The third-order valence-electron chi connectivity index (χ3n) is 3.33. The molecule has 6 nitrogen and oxygen atoms in total. The SMILES string of the molecule is CNCCCN(C)S(=O)(=O)c1ccc2c(c1)OCCCO2. The molecule has 0 amide bonds. The van der Waals surface area contributed by atoms with Crippen LogP contribution in [0.5, 0.6) is 11.5 Å². The molecule has 0 fully saturated rings. The number of sulfonamides is 1. The van der Waals surface area contributed by atoms with Crippen molar-refractivity contribution in [3.63, 3.8) is 0 Å². The molecule has 2 rings (SSSR count). The molecule has 0 atom stereocenters. The zero-order chi connectivity index (χ0) is 15.3. The first kappa shape index (κ1) is 16.1. The fourth-order valence-corrected chi connectivity index (χ4v) is 3.31. The van der Waals surface area contributed by atoms with E-state index >= 15 is 0 Å². The summed E-state index contributed by atoms with van der Waals surface area (Å²) in [4.78, 5) is 0.235. The lowest BCUT2D eigenvalue weighted by atomic mass is 10.3. The Hall–Kier alpha value is -1.31. The van der Waals surface area contributed by atoms with Crippen LogP contribution in [-0.2, 0) is 10.0 Å². The quantitative estimate of drug-likeness (QED) is 0.796. The molecule has 21 heavy (non-hydrogen) atoms. The van der Waals surface area contributed by atoms with Gasteiger partial charge in [0.25, 0.3) is 0 Å². The second-order valence-electron chi connectivity index (χ2n) is 4.94. The van der Waals surface area contributed by atoms with Gasteiger partial charge < -0.3 is 14.8 Å². The van der Waals surface area contributed by atoms with Crippen LogP contribution >= 0.6 is 0 Å². The maximum atomic E-state index is 12.5. The van der Waals surface area contributed by atoms with Gasteiger partial charge in [-0.25, -0.2) is 12.7 Å². The Kier molecular flexibility index (Phi) is 5.44. The molecular formula is C14H22N2O4S. The number of nitrogens with one attached hydrogen (secondary N) is 1. The van der Waals surface area contributed by atoms with Gasteiger partial charge in [0.1, 0.15) is 0 Å². The number of hydrogen-bond acceptors (Lipinski definition) is 5. The molecule has 0 saturated heterocycles. The van der Waals surface area contributed by atoms with Crippen molar-refractivity contribution < 1.29 is 17.9 Å². The fourth-order valence-electron chi connectivity index (χ4n) is 2.08. The van der Waals surface area contributed by atoms with E-state index in [9.17, 15) is 8.42 Å². The van der Waals surface area contributed by atoms with Crippen molar-refractivity contribution in [1.29, 1.82) is 0 Å². The molecule has 0 spiro atoms. The molecule has 1 aromatic carbocycles. The summed E-state index contributed by atoms with van der Waals surface area (Å²) in [6.45, 7) is 2.37. The molecule has 0 bridgehead atoms. The van der Waals surface area contributed by atoms with E-state index in [2.05, 4.69) is 5.32 Å². The summed E-state index contributed by atoms with van der Waals surface area (Å²) in [7, 11) is -0.0580. The predicted molar refractivity (Wildman–Crippen MR) is 80.4 cm³/mol. The average Bonchev–Trinajstić information content (AvgIpc) is 2.71. The second-order valence-corrected chi connectivity index (χ2v) is 6.99. The summed E-state index contributed by atoms with van der Waals surface area (Å²) in [6.07, 6.45) is 1.55. The van der Waals surface area contributed by atoms with E-state index in [4.69, 9.17) is 9.47 Å². The van der Waals surface area contributed by atoms with Gasteiger partial charge in [0.2, 0.25) is 10.0 Å². The second kappa shape index (κ2) is 7.11. The number of rotatable bonds is 6. The summed E-state index contributed by atoms with van der Waals surface area (Å²) < 4.78 is 37.4. The van der Waals surface area contributed by atoms with Crippen LogP contribution in [0.4, 0.5) is 0 Å². The third-order valence-corrected chi connectivity index (χ3v) is 5.18. The third kappa shape index (κ3) is 3.87. The highest BCUT2D eigenvalue weighted by Crippen LogP contribution is 2.32. The monoisotopic (exact) mass is 314 g/mol. The molecule has 118 valence electrons. The largest absolute Gasteiger partial charge is 0.490 e. The molecule has 0 radical (unpaired) electrons. The van der Waals surface area contributed by atoms with Crippen molar-refractivity contribution in [2.45, 2.75) is 17.7 Å². The van der Waals surface area contributed by atoms with Crippen molar-refractivity contribution in [3.8, 4) is 11.5 Å². The van der Waals surface area contributed by atoms with E-state index < -0.39 is 10.0 Å². The smallest absolute Gasteiger partial charge is 0.242 e. The minimum atomic E-state index is -3.49. The normalized spacial score (nSPS) is 15.0. The van der Waals surface area contributed by atoms with Crippen LogP contribution in [0.3, 0.4) is 0 Å². The molecule has 0 saturated carbocycles. The van der Waals surface area contributed by atoms with Gasteiger partial charge in [-0.05, 0) is 32.1 Å². The summed E-state index contributed by atoms with van der Waals surface area (Å²) in [5, 5.41) is 3.00. The highest BCUT2D eigenvalue weighted by atomic mass is 32.2. The van der Waals surface area contributed by atoms with Crippen LogP contribution < -0.4 is 14.8 Å². The predicted octanol–water partition coefficient (Wildman–Crippen LogP) is 1.08. The number of hydrogen-bond donors (Lipinski definition) is 1. The standard InChI is InChI=1S/C14H22N2O4S/c1-15-7-3-8-16(2)21(17,18)12-5-6-13-14(11-12)20-10-4-9-19-13/h5-6,11,15H,3-4,7-10H2,1-2H3. The first-order valence-corrected chi connectivity index (χ1v) is 8.50. The van der Waals surface area contributed by atoms with E-state index in [0.29, 0.717) is 31.3 Å². The fraction of sp³-hybridized carbons (Fsp3) is 0.571. The van der Waals surface area contributed by atoms with Crippen molar-refractivity contribution in [1.82, 2.24) is 9.62 Å². The van der Waals surface area contributed by atoms with Gasteiger partial charge >= 0.3 is 0 Å². The van der Waals surface area contributed by atoms with Crippen molar-refractivity contribution in [2.75, 3.05) is 40.4 Å². The topological polar surface area (TPSA) is 67.9 Å². The maximum Gasteiger partial charge on any atom is 0.242 e. The minimum Gasteiger partial charge on any atom is -0.490 e. The summed E-state index contributed by atoms with van der Waals surface area (Å²) in [5.74, 6) is 1.10. The van der Waals surface area contributed by atoms with Crippen LogP contribution in [0.1, 0.15) is 12.8 Å². The Bertz CT molecular complexity index is 574. The molecule has 1 aliphatic rings. The first-order valence-electron chi connectivity index (χ1n) is 7.06. The van der Waals surface area contributed by atoms with Gasteiger partial charge in [-0.1, -0.05) is 0 Å².